The molecule has 266 valence electrons. The molecule has 0 atom stereocenters. The van der Waals surface area contributed by atoms with Gasteiger partial charge in [0.05, 0.1) is 5.71 Å². The second-order valence-corrected chi connectivity index (χ2v) is 12.1. The molecule has 0 aromatic heterocycles. The Morgan fingerprint density at radius 3 is 1.57 bits per heavy atom. The van der Waals surface area contributed by atoms with Gasteiger partial charge in [-0.1, -0.05) is 78.9 Å². The molecule has 0 fully saturated rings. The highest BCUT2D eigenvalue weighted by Crippen LogP contribution is 2.12. The fourth-order valence-corrected chi connectivity index (χ4v) is 4.50. The fourth-order valence-electron chi connectivity index (χ4n) is 4.22. The molecule has 0 heterocycles. The molecule has 51 heavy (non-hydrogen) atoms. The molecule has 0 spiro atoms. The van der Waals surface area contributed by atoms with Crippen molar-refractivity contribution in [3.8, 4) is 0 Å². The maximum atomic E-state index is 11.3. The van der Waals surface area contributed by atoms with Gasteiger partial charge in [-0.05, 0) is 74.2 Å². The lowest BCUT2D eigenvalue weighted by Gasteiger charge is -2.14. The van der Waals surface area contributed by atoms with Gasteiger partial charge in [-0.3, -0.25) is 26.5 Å². The summed E-state index contributed by atoms with van der Waals surface area (Å²) in [6.07, 6.45) is 2.39. The molecule has 0 radical (unpaired) electrons. The van der Waals surface area contributed by atoms with Crippen molar-refractivity contribution in [2.75, 3.05) is 27.7 Å². The second-order valence-electron chi connectivity index (χ2n) is 10.4. The Hall–Kier alpha value is -5.23. The topological polar surface area (TPSA) is 163 Å². The quantitative estimate of drug-likeness (QED) is 0.0399. The summed E-state index contributed by atoms with van der Waals surface area (Å²) < 4.78 is 0. The minimum Gasteiger partial charge on any atom is -0.364 e. The SMILES string of the molecule is CNC(=S)N/N=C(C)/C(=N/NC(=S)NC)c1ccc(CCCNC(=S)N/N=C(/C(=N/NC(=S)NC)c2ccccc2)c2ccc(C=O)cc2)cc1. The van der Waals surface area contributed by atoms with Crippen LogP contribution < -0.4 is 43.0 Å². The summed E-state index contributed by atoms with van der Waals surface area (Å²) in [7, 11) is 5.13. The van der Waals surface area contributed by atoms with Gasteiger partial charge in [-0.2, -0.15) is 20.4 Å². The third-order valence-electron chi connectivity index (χ3n) is 6.90. The van der Waals surface area contributed by atoms with Crippen LogP contribution in [-0.2, 0) is 6.42 Å². The molecule has 3 aromatic carbocycles. The van der Waals surface area contributed by atoms with E-state index in [0.29, 0.717) is 61.0 Å². The number of thiocarbonyl (C=S) groups is 4. The van der Waals surface area contributed by atoms with Crippen LogP contribution in [-0.4, -0.2) is 77.3 Å². The lowest BCUT2D eigenvalue weighted by molar-refractivity contribution is 0.112. The van der Waals surface area contributed by atoms with Crippen molar-refractivity contribution in [3.63, 3.8) is 0 Å². The normalized spacial score (nSPS) is 11.8. The van der Waals surface area contributed by atoms with Gasteiger partial charge >= 0.3 is 0 Å². The molecule has 3 rings (SSSR count). The number of aldehydes is 1. The van der Waals surface area contributed by atoms with Gasteiger partial charge in [0.15, 0.2) is 20.4 Å². The van der Waals surface area contributed by atoms with Crippen LogP contribution in [0.4, 0.5) is 0 Å². The number of hydrazone groups is 4. The third kappa shape index (κ3) is 13.5. The van der Waals surface area contributed by atoms with Gasteiger partial charge in [-0.15, -0.1) is 0 Å². The molecule has 8 N–H and O–H groups in total. The molecule has 0 unspecified atom stereocenters. The van der Waals surface area contributed by atoms with E-state index in [1.807, 2.05) is 61.5 Å². The van der Waals surface area contributed by atoms with Gasteiger partial charge in [0, 0.05) is 49.9 Å². The lowest BCUT2D eigenvalue weighted by atomic mass is 9.99. The smallest absolute Gasteiger partial charge is 0.186 e. The van der Waals surface area contributed by atoms with E-state index in [0.717, 1.165) is 35.8 Å². The molecule has 0 aliphatic carbocycles. The summed E-state index contributed by atoms with van der Waals surface area (Å²) in [6.45, 7) is 2.43. The van der Waals surface area contributed by atoms with E-state index in [2.05, 4.69) is 63.4 Å². The van der Waals surface area contributed by atoms with E-state index in [1.165, 1.54) is 0 Å². The Kier molecular flexibility index (Phi) is 17.2. The van der Waals surface area contributed by atoms with Crippen molar-refractivity contribution in [2.45, 2.75) is 19.8 Å². The highest BCUT2D eigenvalue weighted by Gasteiger charge is 2.16. The summed E-state index contributed by atoms with van der Waals surface area (Å²) in [6, 6.07) is 24.6. The second kappa shape index (κ2) is 21.8. The molecular weight excluding hydrogens is 721 g/mol. The Labute approximate surface area is 319 Å². The fraction of sp³-hybridized carbons (Fsp3) is 0.206. The van der Waals surface area contributed by atoms with Crippen molar-refractivity contribution in [3.05, 3.63) is 107 Å². The first-order chi connectivity index (χ1) is 24.7. The number of nitrogens with zero attached hydrogens (tertiary/aromatic N) is 4. The van der Waals surface area contributed by atoms with Crippen LogP contribution in [0.3, 0.4) is 0 Å². The summed E-state index contributed by atoms with van der Waals surface area (Å²) >= 11 is 21.1. The molecule has 13 nitrogen and oxygen atoms in total. The molecule has 17 heteroatoms. The van der Waals surface area contributed by atoms with Gasteiger partial charge in [0.2, 0.25) is 0 Å². The van der Waals surface area contributed by atoms with Crippen LogP contribution in [0.5, 0.6) is 0 Å². The molecule has 0 aliphatic rings. The van der Waals surface area contributed by atoms with Crippen molar-refractivity contribution >= 4 is 98.5 Å². The van der Waals surface area contributed by atoms with Crippen LogP contribution >= 0.6 is 48.9 Å². The number of nitrogens with one attached hydrogen (secondary N) is 8. The van der Waals surface area contributed by atoms with Gasteiger partial charge in [0.25, 0.3) is 0 Å². The number of carbonyl (C=O) groups is 1. The molecule has 0 saturated carbocycles. The van der Waals surface area contributed by atoms with Crippen LogP contribution in [0.25, 0.3) is 0 Å². The standard InChI is InChI=1S/C34H40N12OS4/c1-22(39-43-31(48)35-2)28(40-44-32(49)36-3)26-16-12-23(13-17-26)9-8-20-38-34(51)46-42-30(27-18-14-24(21-47)15-19-27)29(41-45-33(50)37-4)25-10-6-5-7-11-25/h5-7,10-19,21H,8-9,20H2,1-4H3,(H2,35,43,48)(H2,36,44,49)(H2,37,45,50)(H2,38,46,51)/b39-22+,40-28-,41-29+,42-30+. The first-order valence-corrected chi connectivity index (χ1v) is 17.3. The predicted molar refractivity (Wildman–Crippen MR) is 224 cm³/mol. The monoisotopic (exact) mass is 760 g/mol. The van der Waals surface area contributed by atoms with Crippen molar-refractivity contribution in [1.29, 1.82) is 0 Å². The van der Waals surface area contributed by atoms with Crippen LogP contribution in [0.2, 0.25) is 0 Å². The van der Waals surface area contributed by atoms with E-state index >= 15 is 0 Å². The van der Waals surface area contributed by atoms with Crippen LogP contribution in [0.1, 0.15) is 46.0 Å². The summed E-state index contributed by atoms with van der Waals surface area (Å²) in [4.78, 5) is 11.3. The van der Waals surface area contributed by atoms with Crippen LogP contribution in [0, 0.1) is 0 Å². The molecule has 0 amide bonds. The van der Waals surface area contributed by atoms with Crippen molar-refractivity contribution in [1.82, 2.24) is 43.0 Å². The summed E-state index contributed by atoms with van der Waals surface area (Å²) in [5.41, 5.74) is 17.7. The average molecular weight is 761 g/mol. The molecule has 0 saturated heterocycles. The summed E-state index contributed by atoms with van der Waals surface area (Å²) in [5.74, 6) is 0. The Morgan fingerprint density at radius 1 is 0.588 bits per heavy atom. The molecule has 3 aromatic rings. The van der Waals surface area contributed by atoms with E-state index in [9.17, 15) is 4.79 Å². The zero-order valence-corrected chi connectivity index (χ0v) is 31.8. The maximum absolute atomic E-state index is 11.3. The first kappa shape index (κ1) is 40.2. The molecule has 0 bridgehead atoms. The Bertz CT molecular complexity index is 1790. The number of rotatable bonds is 14. The van der Waals surface area contributed by atoms with E-state index in [1.54, 1.807) is 45.4 Å². The Balaban J connectivity index is 1.70. The number of benzene rings is 3. The number of hydrogen-bond acceptors (Lipinski definition) is 9. The summed E-state index contributed by atoms with van der Waals surface area (Å²) in [5, 5.41) is 31.2. The van der Waals surface area contributed by atoms with E-state index < -0.39 is 0 Å². The molecular formula is C34H40N12OS4. The Morgan fingerprint density at radius 2 is 1.04 bits per heavy atom. The number of hydrogen-bond donors (Lipinski definition) is 8. The highest BCUT2D eigenvalue weighted by atomic mass is 32.1. The van der Waals surface area contributed by atoms with Crippen molar-refractivity contribution in [2.24, 2.45) is 20.4 Å². The van der Waals surface area contributed by atoms with Crippen molar-refractivity contribution < 1.29 is 4.79 Å². The van der Waals surface area contributed by atoms with E-state index in [4.69, 9.17) is 48.9 Å². The largest absolute Gasteiger partial charge is 0.364 e. The first-order valence-electron chi connectivity index (χ1n) is 15.6. The van der Waals surface area contributed by atoms with Gasteiger partial charge in [0.1, 0.15) is 23.4 Å². The zero-order valence-electron chi connectivity index (χ0n) is 28.5. The minimum atomic E-state index is 0.338. The molecule has 0 aliphatic heterocycles. The number of aryl methyl sites for hydroxylation is 1. The number of carbonyl (C=O) groups excluding carboxylic acids is 1. The van der Waals surface area contributed by atoms with Crippen LogP contribution in [0.15, 0.2) is 99.3 Å². The lowest BCUT2D eigenvalue weighted by Crippen LogP contribution is -2.35. The van der Waals surface area contributed by atoms with E-state index in [-0.39, 0.29) is 0 Å². The maximum Gasteiger partial charge on any atom is 0.186 e. The minimum absolute atomic E-state index is 0.338. The highest BCUT2D eigenvalue weighted by molar-refractivity contribution is 7.80. The average Bonchev–Trinajstić information content (AvgIpc) is 3.17. The van der Waals surface area contributed by atoms with Gasteiger partial charge < -0.3 is 21.3 Å². The predicted octanol–water partition coefficient (Wildman–Crippen LogP) is 3.07. The zero-order chi connectivity index (χ0) is 37.0. The third-order valence-corrected chi connectivity index (χ3v) is 8.03. The van der Waals surface area contributed by atoms with Gasteiger partial charge in [-0.25, -0.2) is 0 Å².